The Morgan fingerprint density at radius 1 is 0.921 bits per heavy atom. The number of carbonyl (C=O) groups is 2. The smallest absolute Gasteiger partial charge is 0.309 e. The first-order chi connectivity index (χ1) is 18.5. The first-order valence-electron chi connectivity index (χ1n) is 14.2. The second-order valence-corrected chi connectivity index (χ2v) is 10.4. The van der Waals surface area contributed by atoms with Crippen LogP contribution in [0.5, 0.6) is 11.5 Å². The van der Waals surface area contributed by atoms with E-state index in [9.17, 15) is 14.7 Å². The quantitative estimate of drug-likeness (QED) is 0.408. The Balaban J connectivity index is 1.68. The van der Waals surface area contributed by atoms with Gasteiger partial charge in [0.2, 0.25) is 5.91 Å². The van der Waals surface area contributed by atoms with Crippen LogP contribution in [0.1, 0.15) is 75.1 Å². The number of unbranched alkanes of at least 4 members (excludes halogenated alkanes) is 2. The summed E-state index contributed by atoms with van der Waals surface area (Å²) in [5, 5.41) is 10.5. The van der Waals surface area contributed by atoms with E-state index in [1.54, 1.807) is 0 Å². The van der Waals surface area contributed by atoms with Gasteiger partial charge in [0.1, 0.15) is 13.2 Å². The van der Waals surface area contributed by atoms with Gasteiger partial charge in [-0.15, -0.1) is 0 Å². The minimum Gasteiger partial charge on any atom is -0.486 e. The van der Waals surface area contributed by atoms with Crippen molar-refractivity contribution in [2.24, 2.45) is 5.92 Å². The molecule has 7 heteroatoms. The molecule has 2 heterocycles. The normalized spacial score (nSPS) is 20.9. The lowest BCUT2D eigenvalue weighted by Gasteiger charge is -2.30. The summed E-state index contributed by atoms with van der Waals surface area (Å²) in [4.78, 5) is 30.5. The molecule has 0 unspecified atom stereocenters. The fourth-order valence-corrected chi connectivity index (χ4v) is 5.70. The van der Waals surface area contributed by atoms with Crippen molar-refractivity contribution in [3.8, 4) is 11.5 Å². The Labute approximate surface area is 226 Å². The number of aryl methyl sites for hydroxylation is 1. The topological polar surface area (TPSA) is 79.3 Å². The van der Waals surface area contributed by atoms with E-state index in [1.165, 1.54) is 5.56 Å². The molecule has 7 nitrogen and oxygen atoms in total. The molecular formula is C31H42N2O5. The van der Waals surface area contributed by atoms with Crippen LogP contribution < -0.4 is 9.47 Å². The van der Waals surface area contributed by atoms with Crippen LogP contribution in [0.3, 0.4) is 0 Å². The van der Waals surface area contributed by atoms with Crippen LogP contribution in [0.2, 0.25) is 0 Å². The van der Waals surface area contributed by atoms with Gasteiger partial charge in [0.15, 0.2) is 11.5 Å². The fourth-order valence-electron chi connectivity index (χ4n) is 5.70. The minimum atomic E-state index is -0.849. The zero-order chi connectivity index (χ0) is 27.1. The average Bonchev–Trinajstić information content (AvgIpc) is 3.32. The number of carboxylic acids is 1. The van der Waals surface area contributed by atoms with E-state index in [4.69, 9.17) is 9.47 Å². The lowest BCUT2D eigenvalue weighted by atomic mass is 9.82. The van der Waals surface area contributed by atoms with Crippen molar-refractivity contribution < 1.29 is 24.2 Å². The van der Waals surface area contributed by atoms with Gasteiger partial charge >= 0.3 is 5.97 Å². The molecule has 0 radical (unpaired) electrons. The lowest BCUT2D eigenvalue weighted by Crippen LogP contribution is -2.42. The van der Waals surface area contributed by atoms with Crippen LogP contribution >= 0.6 is 0 Å². The van der Waals surface area contributed by atoms with Crippen molar-refractivity contribution in [2.75, 3.05) is 39.4 Å². The molecule has 2 aromatic rings. The zero-order valence-corrected chi connectivity index (χ0v) is 23.0. The third-order valence-corrected chi connectivity index (χ3v) is 7.86. The van der Waals surface area contributed by atoms with Crippen molar-refractivity contribution >= 4 is 11.9 Å². The monoisotopic (exact) mass is 522 g/mol. The van der Waals surface area contributed by atoms with Gasteiger partial charge in [-0.1, -0.05) is 63.9 Å². The molecule has 1 amide bonds. The number of fused-ring (bicyclic) bond motifs is 1. The minimum absolute atomic E-state index is 0.0778. The van der Waals surface area contributed by atoms with Crippen molar-refractivity contribution in [2.45, 2.75) is 64.8 Å². The SMILES string of the molecule is CCCCN(CCCC)C(=O)CN1C[C@@H](c2ccc3c(c2)OCCO3)[C@H](C(=O)O)[C@H]1c1ccc(CC)cc1. The number of amides is 1. The number of hydrogen-bond acceptors (Lipinski definition) is 5. The van der Waals surface area contributed by atoms with Crippen LogP contribution in [-0.4, -0.2) is 66.2 Å². The summed E-state index contributed by atoms with van der Waals surface area (Å²) in [7, 11) is 0. The first-order valence-corrected chi connectivity index (χ1v) is 14.2. The number of likely N-dealkylation sites (tertiary alicyclic amines) is 1. The highest BCUT2D eigenvalue weighted by Crippen LogP contribution is 2.47. The van der Waals surface area contributed by atoms with E-state index < -0.39 is 17.9 Å². The summed E-state index contributed by atoms with van der Waals surface area (Å²) >= 11 is 0. The summed E-state index contributed by atoms with van der Waals surface area (Å²) in [6.07, 6.45) is 4.90. The van der Waals surface area contributed by atoms with Gasteiger partial charge in [-0.25, -0.2) is 0 Å². The van der Waals surface area contributed by atoms with Gasteiger partial charge in [0, 0.05) is 31.6 Å². The van der Waals surface area contributed by atoms with Gasteiger partial charge in [-0.2, -0.15) is 0 Å². The molecule has 0 aromatic heterocycles. The van der Waals surface area contributed by atoms with E-state index in [2.05, 4.69) is 37.8 Å². The number of rotatable bonds is 12. The third-order valence-electron chi connectivity index (χ3n) is 7.86. The Morgan fingerprint density at radius 2 is 1.55 bits per heavy atom. The zero-order valence-electron chi connectivity index (χ0n) is 23.0. The molecule has 206 valence electrons. The molecule has 38 heavy (non-hydrogen) atoms. The molecule has 3 atom stereocenters. The second kappa shape index (κ2) is 13.1. The van der Waals surface area contributed by atoms with E-state index in [1.807, 2.05) is 35.2 Å². The highest BCUT2D eigenvalue weighted by atomic mass is 16.6. The van der Waals surface area contributed by atoms with Gasteiger partial charge in [-0.05, 0) is 48.1 Å². The average molecular weight is 523 g/mol. The highest BCUT2D eigenvalue weighted by molar-refractivity contribution is 5.79. The summed E-state index contributed by atoms with van der Waals surface area (Å²) in [6, 6.07) is 13.6. The summed E-state index contributed by atoms with van der Waals surface area (Å²) in [6.45, 7) is 9.53. The molecular weight excluding hydrogens is 480 g/mol. The van der Waals surface area contributed by atoms with Gasteiger partial charge < -0.3 is 19.5 Å². The summed E-state index contributed by atoms with van der Waals surface area (Å²) in [5.74, 6) is -0.413. The molecule has 2 aliphatic heterocycles. The number of carbonyl (C=O) groups excluding carboxylic acids is 1. The molecule has 4 rings (SSSR count). The summed E-state index contributed by atoms with van der Waals surface area (Å²) in [5.41, 5.74) is 3.05. The van der Waals surface area contributed by atoms with Crippen LogP contribution in [0, 0.1) is 5.92 Å². The van der Waals surface area contributed by atoms with Gasteiger partial charge in [0.25, 0.3) is 0 Å². The fraction of sp³-hybridized carbons (Fsp3) is 0.548. The van der Waals surface area contributed by atoms with E-state index in [0.29, 0.717) is 31.3 Å². The first kappa shape index (κ1) is 28.0. The molecule has 0 aliphatic carbocycles. The number of hydrogen-bond donors (Lipinski definition) is 1. The number of benzene rings is 2. The van der Waals surface area contributed by atoms with Crippen molar-refractivity contribution in [3.05, 3.63) is 59.2 Å². The van der Waals surface area contributed by atoms with Crippen LogP contribution in [0.25, 0.3) is 0 Å². The predicted molar refractivity (Wildman–Crippen MR) is 148 cm³/mol. The molecule has 1 fully saturated rings. The van der Waals surface area contributed by atoms with Crippen molar-refractivity contribution in [3.63, 3.8) is 0 Å². The van der Waals surface area contributed by atoms with E-state index in [0.717, 1.165) is 56.3 Å². The Morgan fingerprint density at radius 3 is 2.16 bits per heavy atom. The maximum atomic E-state index is 13.6. The Kier molecular flexibility index (Phi) is 9.67. The molecule has 0 bridgehead atoms. The molecule has 1 saturated heterocycles. The second-order valence-electron chi connectivity index (χ2n) is 10.4. The van der Waals surface area contributed by atoms with Crippen molar-refractivity contribution in [1.29, 1.82) is 0 Å². The van der Waals surface area contributed by atoms with Crippen molar-refractivity contribution in [1.82, 2.24) is 9.80 Å². The predicted octanol–water partition coefficient (Wildman–Crippen LogP) is 5.29. The number of nitrogens with zero attached hydrogens (tertiary/aromatic N) is 2. The van der Waals surface area contributed by atoms with E-state index in [-0.39, 0.29) is 18.4 Å². The molecule has 1 N–H and O–H groups in total. The molecule has 0 spiro atoms. The molecule has 2 aromatic carbocycles. The highest BCUT2D eigenvalue weighted by Gasteiger charge is 2.48. The lowest BCUT2D eigenvalue weighted by molar-refractivity contribution is -0.144. The Hall–Kier alpha value is -3.06. The maximum Gasteiger partial charge on any atom is 0.309 e. The van der Waals surface area contributed by atoms with Crippen LogP contribution in [-0.2, 0) is 16.0 Å². The molecule has 0 saturated carbocycles. The summed E-state index contributed by atoms with van der Waals surface area (Å²) < 4.78 is 11.5. The standard InChI is InChI=1S/C31H42N2O5/c1-4-7-15-32(16-8-5-2)28(34)21-33-20-25(24-13-14-26-27(19-24)38-18-17-37-26)29(31(35)36)30(33)23-11-9-22(6-3)10-12-23/h9-14,19,25,29-30H,4-8,15-18,20-21H2,1-3H3,(H,35,36)/t25-,29-,30+/m0/s1. The number of aliphatic carboxylic acids is 1. The van der Waals surface area contributed by atoms with Gasteiger partial charge in [0.05, 0.1) is 12.5 Å². The third kappa shape index (κ3) is 6.32. The molecule has 2 aliphatic rings. The largest absolute Gasteiger partial charge is 0.486 e. The van der Waals surface area contributed by atoms with Gasteiger partial charge in [-0.3, -0.25) is 14.5 Å². The number of carboxylic acid groups (broad SMARTS) is 1. The Bertz CT molecular complexity index is 1080. The van der Waals surface area contributed by atoms with E-state index >= 15 is 0 Å². The maximum absolute atomic E-state index is 13.6. The van der Waals surface area contributed by atoms with Crippen LogP contribution in [0.15, 0.2) is 42.5 Å². The number of ether oxygens (including phenoxy) is 2. The van der Waals surface area contributed by atoms with Crippen LogP contribution in [0.4, 0.5) is 0 Å².